The molecule has 1 heterocycles. The van der Waals surface area contributed by atoms with E-state index in [-0.39, 0.29) is 18.2 Å². The van der Waals surface area contributed by atoms with Crippen LogP contribution < -0.4 is 20.1 Å². The molecule has 144 valence electrons. The first-order valence-electron chi connectivity index (χ1n) is 8.94. The fourth-order valence-electron chi connectivity index (χ4n) is 2.95. The molecule has 0 spiro atoms. The van der Waals surface area contributed by atoms with Crippen molar-refractivity contribution in [2.45, 2.75) is 32.9 Å². The summed E-state index contributed by atoms with van der Waals surface area (Å²) >= 11 is 0. The van der Waals surface area contributed by atoms with Gasteiger partial charge >= 0.3 is 0 Å². The quantitative estimate of drug-likeness (QED) is 0.725. The van der Waals surface area contributed by atoms with Gasteiger partial charge in [0.2, 0.25) is 11.8 Å². The van der Waals surface area contributed by atoms with Crippen LogP contribution >= 0.6 is 0 Å². The Hall–Kier alpha value is -2.28. The monoisotopic (exact) mass is 363 g/mol. The van der Waals surface area contributed by atoms with Crippen molar-refractivity contribution in [2.75, 3.05) is 33.9 Å². The van der Waals surface area contributed by atoms with Gasteiger partial charge in [0.05, 0.1) is 26.7 Å². The molecule has 1 aromatic rings. The van der Waals surface area contributed by atoms with E-state index in [1.165, 1.54) is 0 Å². The first-order valence-corrected chi connectivity index (χ1v) is 8.94. The highest BCUT2D eigenvalue weighted by Gasteiger charge is 2.31. The summed E-state index contributed by atoms with van der Waals surface area (Å²) in [6, 6.07) is 5.23. The second-order valence-electron chi connectivity index (χ2n) is 6.87. The van der Waals surface area contributed by atoms with Gasteiger partial charge in [0, 0.05) is 26.2 Å². The molecule has 1 atom stereocenters. The number of hydrogen-bond donors (Lipinski definition) is 2. The maximum Gasteiger partial charge on any atom is 0.237 e. The fourth-order valence-corrected chi connectivity index (χ4v) is 2.95. The zero-order valence-corrected chi connectivity index (χ0v) is 16.0. The summed E-state index contributed by atoms with van der Waals surface area (Å²) in [4.78, 5) is 26.5. The van der Waals surface area contributed by atoms with Crippen LogP contribution in [0.2, 0.25) is 0 Å². The van der Waals surface area contributed by atoms with Gasteiger partial charge in [0.1, 0.15) is 0 Å². The van der Waals surface area contributed by atoms with Crippen molar-refractivity contribution in [1.82, 2.24) is 15.5 Å². The summed E-state index contributed by atoms with van der Waals surface area (Å²) in [5.41, 5.74) is 1.00. The lowest BCUT2D eigenvalue weighted by molar-refractivity contribution is -0.134. The van der Waals surface area contributed by atoms with Crippen LogP contribution in [0.5, 0.6) is 11.5 Å². The summed E-state index contributed by atoms with van der Waals surface area (Å²) in [5.74, 6) is 1.49. The lowest BCUT2D eigenvalue weighted by atomic mass is 10.1. The summed E-state index contributed by atoms with van der Waals surface area (Å²) in [7, 11) is 3.19. The summed E-state index contributed by atoms with van der Waals surface area (Å²) in [6.07, 6.45) is 0.159. The summed E-state index contributed by atoms with van der Waals surface area (Å²) in [6.45, 7) is 6.53. The van der Waals surface area contributed by atoms with Crippen molar-refractivity contribution >= 4 is 11.8 Å². The highest BCUT2D eigenvalue weighted by Crippen LogP contribution is 2.28. The Bertz CT molecular complexity index is 633. The minimum atomic E-state index is -0.469. The maximum absolute atomic E-state index is 12.3. The molecule has 1 fully saturated rings. The van der Waals surface area contributed by atoms with Gasteiger partial charge in [-0.05, 0) is 23.6 Å². The molecule has 0 aliphatic carbocycles. The molecular weight excluding hydrogens is 334 g/mol. The predicted octanol–water partition coefficient (Wildman–Crippen LogP) is 1.17. The number of carbonyl (C=O) groups is 2. The van der Waals surface area contributed by atoms with Gasteiger partial charge in [0.25, 0.3) is 0 Å². The van der Waals surface area contributed by atoms with E-state index in [1.807, 2.05) is 36.9 Å². The van der Waals surface area contributed by atoms with E-state index in [0.29, 0.717) is 43.6 Å². The second kappa shape index (κ2) is 9.43. The molecule has 7 heteroatoms. The van der Waals surface area contributed by atoms with Crippen molar-refractivity contribution in [2.24, 2.45) is 5.92 Å². The van der Waals surface area contributed by atoms with E-state index < -0.39 is 6.04 Å². The third-order valence-electron chi connectivity index (χ3n) is 4.36. The van der Waals surface area contributed by atoms with Crippen LogP contribution in [-0.2, 0) is 16.1 Å². The number of methoxy groups -OCH3 is 2. The lowest BCUT2D eigenvalue weighted by Gasteiger charge is -2.34. The second-order valence-corrected chi connectivity index (χ2v) is 6.87. The summed E-state index contributed by atoms with van der Waals surface area (Å²) in [5, 5.41) is 5.74. The van der Waals surface area contributed by atoms with Gasteiger partial charge in [-0.3, -0.25) is 14.5 Å². The van der Waals surface area contributed by atoms with Gasteiger partial charge in [-0.1, -0.05) is 19.9 Å². The molecule has 1 aromatic carbocycles. The number of amides is 2. The molecule has 1 saturated heterocycles. The lowest BCUT2D eigenvalue weighted by Crippen LogP contribution is -2.56. The first kappa shape index (κ1) is 20.0. The third kappa shape index (κ3) is 5.36. The Labute approximate surface area is 155 Å². The van der Waals surface area contributed by atoms with E-state index >= 15 is 0 Å². The Morgan fingerprint density at radius 3 is 2.69 bits per heavy atom. The number of hydrogen-bond acceptors (Lipinski definition) is 5. The Kier molecular flexibility index (Phi) is 7.26. The molecule has 0 unspecified atom stereocenters. The molecule has 0 saturated carbocycles. The van der Waals surface area contributed by atoms with Gasteiger partial charge in [0.15, 0.2) is 11.5 Å². The van der Waals surface area contributed by atoms with Crippen LogP contribution in [0.4, 0.5) is 0 Å². The Balaban J connectivity index is 2.07. The van der Waals surface area contributed by atoms with Crippen molar-refractivity contribution < 1.29 is 19.1 Å². The number of carbonyl (C=O) groups excluding carboxylic acids is 2. The highest BCUT2D eigenvalue weighted by atomic mass is 16.5. The molecule has 7 nitrogen and oxygen atoms in total. The minimum Gasteiger partial charge on any atom is -0.493 e. The number of nitrogens with one attached hydrogen (secondary N) is 2. The van der Waals surface area contributed by atoms with Crippen molar-refractivity contribution in [3.05, 3.63) is 23.8 Å². The largest absolute Gasteiger partial charge is 0.493 e. The molecule has 2 rings (SSSR count). The van der Waals surface area contributed by atoms with Crippen LogP contribution in [0.15, 0.2) is 18.2 Å². The van der Waals surface area contributed by atoms with Crippen LogP contribution in [-0.4, -0.2) is 56.6 Å². The van der Waals surface area contributed by atoms with Crippen molar-refractivity contribution in [3.8, 4) is 11.5 Å². The minimum absolute atomic E-state index is 0.0990. The van der Waals surface area contributed by atoms with E-state index in [2.05, 4.69) is 10.6 Å². The smallest absolute Gasteiger partial charge is 0.237 e. The van der Waals surface area contributed by atoms with E-state index in [4.69, 9.17) is 9.47 Å². The zero-order chi connectivity index (χ0) is 19.1. The van der Waals surface area contributed by atoms with E-state index in [0.717, 1.165) is 5.56 Å². The first-order chi connectivity index (χ1) is 12.4. The number of ether oxygens (including phenoxy) is 2. The van der Waals surface area contributed by atoms with E-state index in [9.17, 15) is 9.59 Å². The highest BCUT2D eigenvalue weighted by molar-refractivity contribution is 5.88. The Morgan fingerprint density at radius 2 is 2.04 bits per heavy atom. The number of rotatable bonds is 8. The van der Waals surface area contributed by atoms with E-state index in [1.54, 1.807) is 14.2 Å². The summed E-state index contributed by atoms with van der Waals surface area (Å²) < 4.78 is 10.6. The van der Waals surface area contributed by atoms with Crippen LogP contribution in [0.3, 0.4) is 0 Å². The van der Waals surface area contributed by atoms with Crippen LogP contribution in [0.1, 0.15) is 25.8 Å². The number of piperazine rings is 1. The van der Waals surface area contributed by atoms with Crippen molar-refractivity contribution in [3.63, 3.8) is 0 Å². The molecule has 2 amide bonds. The molecule has 2 N–H and O–H groups in total. The zero-order valence-electron chi connectivity index (χ0n) is 16.0. The topological polar surface area (TPSA) is 79.9 Å². The van der Waals surface area contributed by atoms with Gasteiger partial charge in [-0.15, -0.1) is 0 Å². The molecule has 0 bridgehead atoms. The molecular formula is C19H29N3O4. The standard InChI is InChI=1S/C19H29N3O4/c1-13(2)11-21-18(23)10-15-19(24)20-7-8-22(15)12-14-5-6-16(25-3)17(9-14)26-4/h5-6,9,13,15H,7-8,10-12H2,1-4H3,(H,20,24)(H,21,23)/t15-/m1/s1. The van der Waals surface area contributed by atoms with Gasteiger partial charge in [-0.2, -0.15) is 0 Å². The Morgan fingerprint density at radius 1 is 1.31 bits per heavy atom. The average molecular weight is 363 g/mol. The van der Waals surface area contributed by atoms with Crippen LogP contribution in [0, 0.1) is 5.92 Å². The molecule has 0 aromatic heterocycles. The molecule has 0 radical (unpaired) electrons. The van der Waals surface area contributed by atoms with Crippen molar-refractivity contribution in [1.29, 1.82) is 0 Å². The molecule has 1 aliphatic heterocycles. The third-order valence-corrected chi connectivity index (χ3v) is 4.36. The maximum atomic E-state index is 12.3. The molecule has 26 heavy (non-hydrogen) atoms. The van der Waals surface area contributed by atoms with Gasteiger partial charge < -0.3 is 20.1 Å². The number of benzene rings is 1. The SMILES string of the molecule is COc1ccc(CN2CCNC(=O)[C@H]2CC(=O)NCC(C)C)cc1OC. The predicted molar refractivity (Wildman–Crippen MR) is 99.2 cm³/mol. The van der Waals surface area contributed by atoms with Crippen LogP contribution in [0.25, 0.3) is 0 Å². The van der Waals surface area contributed by atoms with Gasteiger partial charge in [-0.25, -0.2) is 0 Å². The molecule has 1 aliphatic rings. The average Bonchev–Trinajstić information content (AvgIpc) is 2.62. The fraction of sp³-hybridized carbons (Fsp3) is 0.579. The normalized spacial score (nSPS) is 17.7. The number of nitrogens with zero attached hydrogens (tertiary/aromatic N) is 1.